The Morgan fingerprint density at radius 3 is 2.52 bits per heavy atom. The Morgan fingerprint density at radius 1 is 1.17 bits per heavy atom. The minimum absolute atomic E-state index is 0.144. The maximum atomic E-state index is 12.3. The zero-order valence-corrected chi connectivity index (χ0v) is 14.0. The van der Waals surface area contributed by atoms with Crippen LogP contribution < -0.4 is 5.32 Å². The SMILES string of the molecule is O=C(Cc1csc(Cc2ccccc2)n1)NC(C1CC1)C1CC1. The van der Waals surface area contributed by atoms with Crippen molar-refractivity contribution in [3.05, 3.63) is 52.0 Å². The predicted molar refractivity (Wildman–Crippen MR) is 92.4 cm³/mol. The highest BCUT2D eigenvalue weighted by atomic mass is 32.1. The second-order valence-corrected chi connectivity index (χ2v) is 7.78. The van der Waals surface area contributed by atoms with Crippen molar-refractivity contribution < 1.29 is 4.79 Å². The predicted octanol–water partition coefficient (Wildman–Crippen LogP) is 3.58. The van der Waals surface area contributed by atoms with Crippen LogP contribution in [0, 0.1) is 11.8 Å². The first kappa shape index (κ1) is 14.9. The first-order valence-corrected chi connectivity index (χ1v) is 9.42. The maximum absolute atomic E-state index is 12.3. The average Bonchev–Trinajstić information content (AvgIpc) is 3.46. The fourth-order valence-corrected chi connectivity index (χ4v) is 4.04. The Balaban J connectivity index is 1.32. The van der Waals surface area contributed by atoms with E-state index in [1.165, 1.54) is 31.2 Å². The summed E-state index contributed by atoms with van der Waals surface area (Å²) in [6, 6.07) is 10.8. The van der Waals surface area contributed by atoms with Gasteiger partial charge in [-0.15, -0.1) is 11.3 Å². The molecule has 0 unspecified atom stereocenters. The zero-order valence-electron chi connectivity index (χ0n) is 13.2. The van der Waals surface area contributed by atoms with Crippen molar-refractivity contribution in [3.63, 3.8) is 0 Å². The molecule has 0 bridgehead atoms. The molecule has 1 amide bonds. The number of thiazole rings is 1. The van der Waals surface area contributed by atoms with Crippen LogP contribution in [0.4, 0.5) is 0 Å². The van der Waals surface area contributed by atoms with E-state index in [0.717, 1.165) is 29.0 Å². The Labute approximate surface area is 141 Å². The molecule has 1 N–H and O–H groups in total. The van der Waals surface area contributed by atoms with Crippen molar-refractivity contribution in [2.75, 3.05) is 0 Å². The van der Waals surface area contributed by atoms with E-state index in [1.54, 1.807) is 11.3 Å². The quantitative estimate of drug-likeness (QED) is 0.845. The minimum atomic E-state index is 0.144. The standard InChI is InChI=1S/C19H22N2OS/c22-17(21-19(14-6-7-14)15-8-9-15)11-16-12-23-18(20-16)10-13-4-2-1-3-5-13/h1-5,12,14-15,19H,6-11H2,(H,21,22). The van der Waals surface area contributed by atoms with Crippen molar-refractivity contribution in [2.24, 2.45) is 11.8 Å². The molecular weight excluding hydrogens is 304 g/mol. The third-order valence-corrected chi connectivity index (χ3v) is 5.62. The molecule has 2 aliphatic carbocycles. The summed E-state index contributed by atoms with van der Waals surface area (Å²) in [5.41, 5.74) is 2.17. The Hall–Kier alpha value is -1.68. The van der Waals surface area contributed by atoms with Gasteiger partial charge in [-0.2, -0.15) is 0 Å². The van der Waals surface area contributed by atoms with E-state index in [1.807, 2.05) is 23.6 Å². The number of hydrogen-bond acceptors (Lipinski definition) is 3. The number of amides is 1. The summed E-state index contributed by atoms with van der Waals surface area (Å²) >= 11 is 1.65. The smallest absolute Gasteiger partial charge is 0.226 e. The van der Waals surface area contributed by atoms with Gasteiger partial charge in [-0.25, -0.2) is 4.98 Å². The molecule has 0 radical (unpaired) electrons. The van der Waals surface area contributed by atoms with Gasteiger partial charge in [0.25, 0.3) is 0 Å². The molecule has 1 heterocycles. The molecule has 2 aliphatic rings. The first-order chi connectivity index (χ1) is 11.3. The molecule has 1 aromatic carbocycles. The lowest BCUT2D eigenvalue weighted by atomic mass is 10.1. The lowest BCUT2D eigenvalue weighted by Crippen LogP contribution is -2.39. The highest BCUT2D eigenvalue weighted by Crippen LogP contribution is 2.44. The number of carbonyl (C=O) groups is 1. The van der Waals surface area contributed by atoms with Gasteiger partial charge in [0.2, 0.25) is 5.91 Å². The maximum Gasteiger partial charge on any atom is 0.226 e. The third kappa shape index (κ3) is 3.99. The number of aromatic nitrogens is 1. The van der Waals surface area contributed by atoms with Crippen molar-refractivity contribution >= 4 is 17.2 Å². The van der Waals surface area contributed by atoms with Crippen molar-refractivity contribution in [2.45, 2.75) is 44.6 Å². The number of nitrogens with one attached hydrogen (secondary N) is 1. The van der Waals surface area contributed by atoms with Crippen LogP contribution in [0.1, 0.15) is 41.9 Å². The van der Waals surface area contributed by atoms with Gasteiger partial charge < -0.3 is 5.32 Å². The van der Waals surface area contributed by atoms with E-state index in [2.05, 4.69) is 22.4 Å². The summed E-state index contributed by atoms with van der Waals surface area (Å²) < 4.78 is 0. The van der Waals surface area contributed by atoms with E-state index >= 15 is 0 Å². The van der Waals surface area contributed by atoms with Gasteiger partial charge in [-0.3, -0.25) is 4.79 Å². The molecule has 0 saturated heterocycles. The fraction of sp³-hybridized carbons (Fsp3) is 0.474. The number of hydrogen-bond donors (Lipinski definition) is 1. The van der Waals surface area contributed by atoms with Gasteiger partial charge in [-0.05, 0) is 43.1 Å². The largest absolute Gasteiger partial charge is 0.352 e. The molecule has 0 atom stereocenters. The van der Waals surface area contributed by atoms with Crippen LogP contribution in [0.2, 0.25) is 0 Å². The summed E-state index contributed by atoms with van der Waals surface area (Å²) in [5, 5.41) is 6.39. The molecule has 3 nitrogen and oxygen atoms in total. The van der Waals surface area contributed by atoms with Crippen LogP contribution in [0.5, 0.6) is 0 Å². The summed E-state index contributed by atoms with van der Waals surface area (Å²) in [6.45, 7) is 0. The van der Waals surface area contributed by atoms with Crippen LogP contribution in [-0.2, 0) is 17.6 Å². The van der Waals surface area contributed by atoms with Gasteiger partial charge >= 0.3 is 0 Å². The molecule has 4 heteroatoms. The Kier molecular flexibility index (Phi) is 4.17. The lowest BCUT2D eigenvalue weighted by molar-refractivity contribution is -0.121. The highest BCUT2D eigenvalue weighted by molar-refractivity contribution is 7.09. The van der Waals surface area contributed by atoms with Gasteiger partial charge in [0.1, 0.15) is 0 Å². The molecule has 2 fully saturated rings. The van der Waals surface area contributed by atoms with Crippen LogP contribution in [-0.4, -0.2) is 16.9 Å². The molecule has 0 spiro atoms. The van der Waals surface area contributed by atoms with Crippen LogP contribution in [0.15, 0.2) is 35.7 Å². The monoisotopic (exact) mass is 326 g/mol. The molecule has 23 heavy (non-hydrogen) atoms. The molecule has 0 aliphatic heterocycles. The van der Waals surface area contributed by atoms with Crippen molar-refractivity contribution in [3.8, 4) is 0 Å². The normalized spacial score (nSPS) is 17.4. The molecule has 2 saturated carbocycles. The van der Waals surface area contributed by atoms with Gasteiger partial charge in [0.15, 0.2) is 0 Å². The Bertz CT molecular complexity index is 662. The van der Waals surface area contributed by atoms with Gasteiger partial charge in [0, 0.05) is 17.8 Å². The van der Waals surface area contributed by atoms with E-state index < -0.39 is 0 Å². The van der Waals surface area contributed by atoms with Crippen LogP contribution in [0.25, 0.3) is 0 Å². The molecule has 120 valence electrons. The van der Waals surface area contributed by atoms with Crippen molar-refractivity contribution in [1.82, 2.24) is 10.3 Å². The topological polar surface area (TPSA) is 42.0 Å². The van der Waals surface area contributed by atoms with E-state index in [4.69, 9.17) is 0 Å². The third-order valence-electron chi connectivity index (χ3n) is 4.73. The average molecular weight is 326 g/mol. The van der Waals surface area contributed by atoms with Gasteiger partial charge in [0.05, 0.1) is 17.1 Å². The van der Waals surface area contributed by atoms with E-state index in [-0.39, 0.29) is 5.91 Å². The van der Waals surface area contributed by atoms with E-state index in [0.29, 0.717) is 12.5 Å². The molecule has 1 aromatic heterocycles. The number of carbonyl (C=O) groups excluding carboxylic acids is 1. The highest BCUT2D eigenvalue weighted by Gasteiger charge is 2.42. The molecule has 4 rings (SSSR count). The summed E-state index contributed by atoms with van der Waals surface area (Å²) in [4.78, 5) is 16.9. The van der Waals surface area contributed by atoms with Gasteiger partial charge in [-0.1, -0.05) is 30.3 Å². The first-order valence-electron chi connectivity index (χ1n) is 8.54. The number of nitrogens with zero attached hydrogens (tertiary/aromatic N) is 1. The number of benzene rings is 1. The summed E-state index contributed by atoms with van der Waals surface area (Å²) in [6.07, 6.45) is 6.43. The zero-order chi connectivity index (χ0) is 15.6. The second-order valence-electron chi connectivity index (χ2n) is 6.84. The molecule has 2 aromatic rings. The summed E-state index contributed by atoms with van der Waals surface area (Å²) in [5.74, 6) is 1.64. The van der Waals surface area contributed by atoms with Crippen LogP contribution in [0.3, 0.4) is 0 Å². The van der Waals surface area contributed by atoms with Crippen molar-refractivity contribution in [1.29, 1.82) is 0 Å². The number of rotatable bonds is 7. The second kappa shape index (κ2) is 6.44. The molecular formula is C19H22N2OS. The van der Waals surface area contributed by atoms with E-state index in [9.17, 15) is 4.79 Å². The minimum Gasteiger partial charge on any atom is -0.352 e. The lowest BCUT2D eigenvalue weighted by Gasteiger charge is -2.17. The summed E-state index contributed by atoms with van der Waals surface area (Å²) in [7, 11) is 0. The fourth-order valence-electron chi connectivity index (χ4n) is 3.21. The Morgan fingerprint density at radius 2 is 1.87 bits per heavy atom. The van der Waals surface area contributed by atoms with Crippen LogP contribution >= 0.6 is 11.3 Å².